The number of benzene rings is 1. The van der Waals surface area contributed by atoms with Gasteiger partial charge in [0.25, 0.3) is 0 Å². The number of aliphatic hydroxyl groups excluding tert-OH is 1. The largest absolute Gasteiger partial charge is 0.432 e. The summed E-state index contributed by atoms with van der Waals surface area (Å²) in [6, 6.07) is 3.90. The van der Waals surface area contributed by atoms with Crippen LogP contribution in [0.4, 0.5) is 13.2 Å². The van der Waals surface area contributed by atoms with Gasteiger partial charge in [-0.25, -0.2) is 4.39 Å². The fraction of sp³-hybridized carbons (Fsp3) is 0.571. The van der Waals surface area contributed by atoms with Crippen molar-refractivity contribution in [3.63, 3.8) is 0 Å². The van der Waals surface area contributed by atoms with Crippen molar-refractivity contribution < 1.29 is 23.0 Å². The van der Waals surface area contributed by atoms with E-state index in [4.69, 9.17) is 0 Å². The van der Waals surface area contributed by atoms with Gasteiger partial charge in [0.1, 0.15) is 0 Å². The molecule has 0 aliphatic carbocycles. The van der Waals surface area contributed by atoms with E-state index in [9.17, 15) is 18.3 Å². The topological polar surface area (TPSA) is 41.5 Å². The Hall–Kier alpha value is -1.27. The van der Waals surface area contributed by atoms with Crippen LogP contribution in [0.3, 0.4) is 0 Å². The van der Waals surface area contributed by atoms with Gasteiger partial charge in [-0.05, 0) is 43.5 Å². The van der Waals surface area contributed by atoms with Crippen LogP contribution in [0.5, 0.6) is 5.75 Å². The van der Waals surface area contributed by atoms with Gasteiger partial charge in [-0.2, -0.15) is 8.78 Å². The smallest absolute Gasteiger partial charge is 0.387 e. The second-order valence-electron chi connectivity index (χ2n) is 4.96. The molecule has 0 amide bonds. The summed E-state index contributed by atoms with van der Waals surface area (Å²) < 4.78 is 41.4. The Bertz CT molecular complexity index is 413. The van der Waals surface area contributed by atoms with Crippen LogP contribution in [0.15, 0.2) is 18.2 Å². The second-order valence-corrected chi connectivity index (χ2v) is 4.96. The molecule has 0 aromatic heterocycles. The first-order valence-corrected chi connectivity index (χ1v) is 6.50. The van der Waals surface area contributed by atoms with Gasteiger partial charge in [0.15, 0.2) is 11.6 Å². The molecule has 0 bridgehead atoms. The van der Waals surface area contributed by atoms with Crippen LogP contribution < -0.4 is 10.1 Å². The number of ether oxygens (including phenoxy) is 1. The van der Waals surface area contributed by atoms with Crippen molar-refractivity contribution in [1.29, 1.82) is 0 Å². The van der Waals surface area contributed by atoms with Crippen molar-refractivity contribution in [2.75, 3.05) is 6.54 Å². The summed E-state index contributed by atoms with van der Waals surface area (Å²) in [7, 11) is 0. The minimum absolute atomic E-state index is 0.293. The molecule has 1 rings (SSSR count). The normalized spacial score (nSPS) is 14.3. The third-order valence-electron chi connectivity index (χ3n) is 2.78. The second kappa shape index (κ2) is 8.11. The Kier molecular flexibility index (Phi) is 6.81. The molecule has 1 aromatic rings. The number of hydrogen-bond acceptors (Lipinski definition) is 3. The van der Waals surface area contributed by atoms with Gasteiger partial charge in [0.05, 0.1) is 6.10 Å². The number of rotatable bonds is 8. The first-order valence-electron chi connectivity index (χ1n) is 6.50. The van der Waals surface area contributed by atoms with Crippen LogP contribution in [0, 0.1) is 11.7 Å². The van der Waals surface area contributed by atoms with Gasteiger partial charge in [0, 0.05) is 6.54 Å². The standard InChI is InChI=1S/C14H20F3NO2/c1-9(5-10(2)19)7-18-8-11-3-4-13(12(15)6-11)20-14(16)17/h3-4,6,9-10,14,18-19H,5,7-8H2,1-2H3. The van der Waals surface area contributed by atoms with Crippen LogP contribution in [0.2, 0.25) is 0 Å². The molecule has 2 atom stereocenters. The molecule has 3 nitrogen and oxygen atoms in total. The molecule has 0 heterocycles. The zero-order valence-corrected chi connectivity index (χ0v) is 11.6. The molecule has 0 aliphatic rings. The lowest BCUT2D eigenvalue weighted by molar-refractivity contribution is -0.0522. The molecule has 20 heavy (non-hydrogen) atoms. The van der Waals surface area contributed by atoms with Gasteiger partial charge in [0.2, 0.25) is 0 Å². The molecule has 0 aliphatic heterocycles. The Morgan fingerprint density at radius 2 is 2.00 bits per heavy atom. The van der Waals surface area contributed by atoms with Crippen molar-refractivity contribution in [2.24, 2.45) is 5.92 Å². The van der Waals surface area contributed by atoms with Crippen molar-refractivity contribution in [3.05, 3.63) is 29.6 Å². The van der Waals surface area contributed by atoms with E-state index in [1.165, 1.54) is 18.2 Å². The molecule has 0 saturated carbocycles. The van der Waals surface area contributed by atoms with E-state index in [-0.39, 0.29) is 6.10 Å². The lowest BCUT2D eigenvalue weighted by Crippen LogP contribution is -2.23. The average Bonchev–Trinajstić information content (AvgIpc) is 2.31. The van der Waals surface area contributed by atoms with E-state index in [1.807, 2.05) is 6.92 Å². The van der Waals surface area contributed by atoms with Crippen LogP contribution in [-0.2, 0) is 6.54 Å². The van der Waals surface area contributed by atoms with Crippen molar-refractivity contribution in [2.45, 2.75) is 39.5 Å². The Morgan fingerprint density at radius 3 is 2.55 bits per heavy atom. The third-order valence-corrected chi connectivity index (χ3v) is 2.78. The quantitative estimate of drug-likeness (QED) is 0.774. The molecule has 0 spiro atoms. The summed E-state index contributed by atoms with van der Waals surface area (Å²) in [4.78, 5) is 0. The number of alkyl halides is 2. The maximum atomic E-state index is 13.4. The Labute approximate surface area is 116 Å². The van der Waals surface area contributed by atoms with Crippen molar-refractivity contribution in [1.82, 2.24) is 5.32 Å². The van der Waals surface area contributed by atoms with Crippen LogP contribution >= 0.6 is 0 Å². The zero-order chi connectivity index (χ0) is 15.1. The fourth-order valence-electron chi connectivity index (χ4n) is 1.97. The predicted octanol–water partition coefficient (Wildman–Crippen LogP) is 2.92. The van der Waals surface area contributed by atoms with Gasteiger partial charge in [-0.15, -0.1) is 0 Å². The summed E-state index contributed by atoms with van der Waals surface area (Å²) in [5.41, 5.74) is 0.647. The van der Waals surface area contributed by atoms with Gasteiger partial charge in [-0.1, -0.05) is 13.0 Å². The lowest BCUT2D eigenvalue weighted by atomic mass is 10.0. The molecule has 2 unspecified atom stereocenters. The number of aliphatic hydroxyl groups is 1. The fourth-order valence-corrected chi connectivity index (χ4v) is 1.97. The maximum Gasteiger partial charge on any atom is 0.387 e. The maximum absolute atomic E-state index is 13.4. The van der Waals surface area contributed by atoms with E-state index < -0.39 is 18.2 Å². The highest BCUT2D eigenvalue weighted by Crippen LogP contribution is 2.20. The SMILES string of the molecule is CC(O)CC(C)CNCc1ccc(OC(F)F)c(F)c1. The molecular weight excluding hydrogens is 271 g/mol. The Morgan fingerprint density at radius 1 is 1.30 bits per heavy atom. The van der Waals surface area contributed by atoms with E-state index in [0.717, 1.165) is 0 Å². The minimum Gasteiger partial charge on any atom is -0.432 e. The summed E-state index contributed by atoms with van der Waals surface area (Å²) in [5, 5.41) is 12.4. The summed E-state index contributed by atoms with van der Waals surface area (Å²) in [6.07, 6.45) is 0.331. The van der Waals surface area contributed by atoms with Gasteiger partial charge in [-0.3, -0.25) is 0 Å². The molecule has 0 radical (unpaired) electrons. The van der Waals surface area contributed by atoms with Crippen molar-refractivity contribution in [3.8, 4) is 5.75 Å². The first-order chi connectivity index (χ1) is 9.38. The van der Waals surface area contributed by atoms with Gasteiger partial charge < -0.3 is 15.2 Å². The van der Waals surface area contributed by atoms with Crippen LogP contribution in [0.25, 0.3) is 0 Å². The summed E-state index contributed by atoms with van der Waals surface area (Å²) >= 11 is 0. The average molecular weight is 291 g/mol. The summed E-state index contributed by atoms with van der Waals surface area (Å²) in [5.74, 6) is -0.964. The molecule has 114 valence electrons. The highest BCUT2D eigenvalue weighted by molar-refractivity contribution is 5.29. The zero-order valence-electron chi connectivity index (χ0n) is 11.6. The predicted molar refractivity (Wildman–Crippen MR) is 70.2 cm³/mol. The van der Waals surface area contributed by atoms with E-state index in [1.54, 1.807) is 6.92 Å². The molecule has 1 aromatic carbocycles. The number of halogens is 3. The van der Waals surface area contributed by atoms with Crippen molar-refractivity contribution >= 4 is 0 Å². The third kappa shape index (κ3) is 6.25. The van der Waals surface area contributed by atoms with E-state index in [0.29, 0.717) is 31.0 Å². The van der Waals surface area contributed by atoms with Crippen LogP contribution in [0.1, 0.15) is 25.8 Å². The number of nitrogens with one attached hydrogen (secondary N) is 1. The van der Waals surface area contributed by atoms with E-state index >= 15 is 0 Å². The van der Waals surface area contributed by atoms with Gasteiger partial charge >= 0.3 is 6.61 Å². The van der Waals surface area contributed by atoms with E-state index in [2.05, 4.69) is 10.1 Å². The molecule has 0 fully saturated rings. The molecule has 2 N–H and O–H groups in total. The monoisotopic (exact) mass is 291 g/mol. The highest BCUT2D eigenvalue weighted by Gasteiger charge is 2.10. The summed E-state index contributed by atoms with van der Waals surface area (Å²) in [6.45, 7) is 1.81. The molecule has 0 saturated heterocycles. The molecular formula is C14H20F3NO2. The minimum atomic E-state index is -3.03. The lowest BCUT2D eigenvalue weighted by Gasteiger charge is -2.14. The van der Waals surface area contributed by atoms with Crippen LogP contribution in [-0.4, -0.2) is 24.4 Å². The first kappa shape index (κ1) is 16.8. The highest BCUT2D eigenvalue weighted by atomic mass is 19.3. The molecule has 6 heteroatoms. The Balaban J connectivity index is 2.43. The number of hydrogen-bond donors (Lipinski definition) is 2.